The smallest absolute Gasteiger partial charge is 0.325 e. The Labute approximate surface area is 202 Å². The molecular weight excluding hydrogens is 450 g/mol. The van der Waals surface area contributed by atoms with Crippen LogP contribution in [0.2, 0.25) is 0 Å². The fraction of sp³-hybridized carbons (Fsp3) is 0.360. The molecular formula is C25H29N5O5. The predicted octanol–water partition coefficient (Wildman–Crippen LogP) is 2.35. The summed E-state index contributed by atoms with van der Waals surface area (Å²) in [5.74, 6) is -2.37. The molecule has 1 saturated heterocycles. The molecule has 0 spiro atoms. The van der Waals surface area contributed by atoms with Crippen LogP contribution in [0.5, 0.6) is 0 Å². The van der Waals surface area contributed by atoms with Gasteiger partial charge in [0.2, 0.25) is 5.91 Å². The highest BCUT2D eigenvalue weighted by molar-refractivity contribution is 5.96. The van der Waals surface area contributed by atoms with Gasteiger partial charge in [0, 0.05) is 85.8 Å². The molecule has 1 amide bonds. The number of aromatic amines is 1. The molecule has 10 heteroatoms. The SMILES string of the molecule is O=C(O)CCC(=O)Nc1ccc2[nH]cc([C@@H](C(=O)O)N3CCN(CCc4ccccn4)CC3)c2c1. The van der Waals surface area contributed by atoms with Crippen molar-refractivity contribution in [1.82, 2.24) is 19.8 Å². The second-order valence-electron chi connectivity index (χ2n) is 8.64. The fourth-order valence-corrected chi connectivity index (χ4v) is 4.44. The molecule has 0 radical (unpaired) electrons. The first-order chi connectivity index (χ1) is 16.9. The summed E-state index contributed by atoms with van der Waals surface area (Å²) in [4.78, 5) is 46.9. The van der Waals surface area contributed by atoms with Gasteiger partial charge in [-0.2, -0.15) is 0 Å². The summed E-state index contributed by atoms with van der Waals surface area (Å²) in [6.45, 7) is 3.66. The van der Waals surface area contributed by atoms with Crippen LogP contribution in [0.4, 0.5) is 5.69 Å². The molecule has 0 aliphatic carbocycles. The van der Waals surface area contributed by atoms with E-state index in [2.05, 4.69) is 20.2 Å². The van der Waals surface area contributed by atoms with E-state index in [1.807, 2.05) is 23.1 Å². The van der Waals surface area contributed by atoms with Gasteiger partial charge in [0.15, 0.2) is 0 Å². The number of amides is 1. The van der Waals surface area contributed by atoms with Gasteiger partial charge in [0.25, 0.3) is 0 Å². The van der Waals surface area contributed by atoms with Crippen LogP contribution >= 0.6 is 0 Å². The quantitative estimate of drug-likeness (QED) is 0.348. The number of rotatable bonds is 10. The van der Waals surface area contributed by atoms with Crippen molar-refractivity contribution in [2.45, 2.75) is 25.3 Å². The van der Waals surface area contributed by atoms with Crippen molar-refractivity contribution >= 4 is 34.4 Å². The molecule has 1 atom stereocenters. The number of pyridine rings is 1. The van der Waals surface area contributed by atoms with Gasteiger partial charge in [-0.3, -0.25) is 24.3 Å². The van der Waals surface area contributed by atoms with Gasteiger partial charge in [-0.1, -0.05) is 6.07 Å². The molecule has 1 fully saturated rings. The molecule has 1 aliphatic rings. The Morgan fingerprint density at radius 3 is 2.54 bits per heavy atom. The van der Waals surface area contributed by atoms with Gasteiger partial charge in [0.05, 0.1) is 6.42 Å². The number of nitrogens with one attached hydrogen (secondary N) is 2. The number of benzene rings is 1. The molecule has 2 aromatic heterocycles. The minimum atomic E-state index is -1.04. The van der Waals surface area contributed by atoms with E-state index in [1.165, 1.54) is 0 Å². The van der Waals surface area contributed by atoms with Crippen LogP contribution in [0.25, 0.3) is 10.9 Å². The van der Waals surface area contributed by atoms with Gasteiger partial charge >= 0.3 is 11.9 Å². The number of nitrogens with zero attached hydrogens (tertiary/aromatic N) is 3. The van der Waals surface area contributed by atoms with Crippen molar-refractivity contribution < 1.29 is 24.6 Å². The van der Waals surface area contributed by atoms with Gasteiger partial charge in [-0.05, 0) is 30.3 Å². The number of fused-ring (bicyclic) bond motifs is 1. The lowest BCUT2D eigenvalue weighted by molar-refractivity contribution is -0.144. The second-order valence-corrected chi connectivity index (χ2v) is 8.64. The molecule has 35 heavy (non-hydrogen) atoms. The van der Waals surface area contributed by atoms with Crippen molar-refractivity contribution in [3.63, 3.8) is 0 Å². The van der Waals surface area contributed by atoms with Crippen LogP contribution in [0.3, 0.4) is 0 Å². The van der Waals surface area contributed by atoms with E-state index in [1.54, 1.807) is 30.6 Å². The fourth-order valence-electron chi connectivity index (χ4n) is 4.44. The second kappa shape index (κ2) is 11.1. The Bertz CT molecular complexity index is 1190. The van der Waals surface area contributed by atoms with Crippen molar-refractivity contribution in [1.29, 1.82) is 0 Å². The Morgan fingerprint density at radius 2 is 1.86 bits per heavy atom. The highest BCUT2D eigenvalue weighted by atomic mass is 16.4. The van der Waals surface area contributed by atoms with Crippen molar-refractivity contribution in [3.05, 3.63) is 60.0 Å². The van der Waals surface area contributed by atoms with Gasteiger partial charge in [-0.25, -0.2) is 0 Å². The van der Waals surface area contributed by atoms with E-state index in [4.69, 9.17) is 5.11 Å². The van der Waals surface area contributed by atoms with E-state index >= 15 is 0 Å². The van der Waals surface area contributed by atoms with E-state index < -0.39 is 23.9 Å². The van der Waals surface area contributed by atoms with Crippen LogP contribution in [0.1, 0.15) is 30.1 Å². The van der Waals surface area contributed by atoms with E-state index in [9.17, 15) is 19.5 Å². The largest absolute Gasteiger partial charge is 0.481 e. The molecule has 0 saturated carbocycles. The molecule has 0 unspecified atom stereocenters. The van der Waals surface area contributed by atoms with Crippen molar-refractivity contribution in [3.8, 4) is 0 Å². The first-order valence-electron chi connectivity index (χ1n) is 11.6. The molecule has 3 aromatic rings. The first kappa shape index (κ1) is 24.4. The molecule has 4 rings (SSSR count). The number of carboxylic acid groups (broad SMARTS) is 2. The Balaban J connectivity index is 1.43. The highest BCUT2D eigenvalue weighted by Gasteiger charge is 2.32. The Hall–Kier alpha value is -3.76. The topological polar surface area (TPSA) is 139 Å². The number of anilines is 1. The maximum absolute atomic E-state index is 12.3. The van der Waals surface area contributed by atoms with E-state index in [0.29, 0.717) is 29.7 Å². The summed E-state index contributed by atoms with van der Waals surface area (Å²) in [5.41, 5.74) is 2.94. The predicted molar refractivity (Wildman–Crippen MR) is 130 cm³/mol. The molecule has 1 aromatic carbocycles. The van der Waals surface area contributed by atoms with E-state index in [0.717, 1.165) is 37.3 Å². The molecule has 3 heterocycles. The lowest BCUT2D eigenvalue weighted by Crippen LogP contribution is -2.49. The molecule has 0 bridgehead atoms. The normalized spacial score (nSPS) is 15.7. The lowest BCUT2D eigenvalue weighted by atomic mass is 10.0. The number of carbonyl (C=O) groups excluding carboxylic acids is 1. The van der Waals surface area contributed by atoms with E-state index in [-0.39, 0.29) is 12.8 Å². The molecule has 4 N–H and O–H groups in total. The summed E-state index contributed by atoms with van der Waals surface area (Å²) < 4.78 is 0. The number of carbonyl (C=O) groups is 3. The van der Waals surface area contributed by atoms with Crippen LogP contribution < -0.4 is 5.32 Å². The standard InChI is InChI=1S/C25H29N5O5/c31-22(6-7-23(32)33)28-18-4-5-21-19(15-18)20(16-27-21)24(25(34)35)30-13-11-29(12-14-30)10-8-17-3-1-2-9-26-17/h1-5,9,15-16,24,27H,6-8,10-14H2,(H,28,31)(H,32,33)(H,34,35)/t24-/m0/s1. The van der Waals surface area contributed by atoms with Crippen LogP contribution in [0, 0.1) is 0 Å². The maximum Gasteiger partial charge on any atom is 0.325 e. The van der Waals surface area contributed by atoms with Gasteiger partial charge < -0.3 is 25.4 Å². The zero-order valence-corrected chi connectivity index (χ0v) is 19.3. The zero-order valence-electron chi connectivity index (χ0n) is 19.3. The maximum atomic E-state index is 12.3. The monoisotopic (exact) mass is 479 g/mol. The highest BCUT2D eigenvalue weighted by Crippen LogP contribution is 2.31. The van der Waals surface area contributed by atoms with Crippen LogP contribution in [-0.4, -0.2) is 80.6 Å². The number of piperazine rings is 1. The van der Waals surface area contributed by atoms with Gasteiger partial charge in [0.1, 0.15) is 6.04 Å². The number of H-pyrrole nitrogens is 1. The summed E-state index contributed by atoms with van der Waals surface area (Å²) in [6.07, 6.45) is 3.98. The summed E-state index contributed by atoms with van der Waals surface area (Å²) in [5, 5.41) is 22.3. The summed E-state index contributed by atoms with van der Waals surface area (Å²) in [6, 6.07) is 10.3. The number of aliphatic carboxylic acids is 2. The van der Waals surface area contributed by atoms with Crippen molar-refractivity contribution in [2.75, 3.05) is 38.0 Å². The molecule has 1 aliphatic heterocycles. The molecule has 184 valence electrons. The summed E-state index contributed by atoms with van der Waals surface area (Å²) in [7, 11) is 0. The van der Waals surface area contributed by atoms with Crippen LogP contribution in [-0.2, 0) is 20.8 Å². The average Bonchev–Trinajstić information content (AvgIpc) is 3.25. The number of carboxylic acids is 2. The molecule has 10 nitrogen and oxygen atoms in total. The Kier molecular flexibility index (Phi) is 7.74. The third-order valence-electron chi connectivity index (χ3n) is 6.27. The number of aromatic nitrogens is 2. The Morgan fingerprint density at radius 1 is 1.06 bits per heavy atom. The minimum Gasteiger partial charge on any atom is -0.481 e. The minimum absolute atomic E-state index is 0.129. The average molecular weight is 480 g/mol. The number of hydrogen-bond donors (Lipinski definition) is 4. The lowest BCUT2D eigenvalue weighted by Gasteiger charge is -2.37. The zero-order chi connectivity index (χ0) is 24.8. The number of hydrogen-bond acceptors (Lipinski definition) is 6. The first-order valence-corrected chi connectivity index (χ1v) is 11.6. The van der Waals surface area contributed by atoms with Gasteiger partial charge in [-0.15, -0.1) is 0 Å². The third-order valence-corrected chi connectivity index (χ3v) is 6.27. The summed E-state index contributed by atoms with van der Waals surface area (Å²) >= 11 is 0. The van der Waals surface area contributed by atoms with Crippen LogP contribution in [0.15, 0.2) is 48.8 Å². The third kappa shape index (κ3) is 6.23. The van der Waals surface area contributed by atoms with Crippen molar-refractivity contribution in [2.24, 2.45) is 0 Å².